The van der Waals surface area contributed by atoms with Gasteiger partial charge in [0.05, 0.1) is 11.3 Å². The van der Waals surface area contributed by atoms with Gasteiger partial charge in [0.1, 0.15) is 17.2 Å². The summed E-state index contributed by atoms with van der Waals surface area (Å²) in [5.74, 6) is 5.49. The highest BCUT2D eigenvalue weighted by Crippen LogP contribution is 2.33. The number of aromatic nitrogens is 2. The van der Waals surface area contributed by atoms with E-state index in [2.05, 4.69) is 5.10 Å². The number of nitrogens with zero attached hydrogens (tertiary/aromatic N) is 2. The van der Waals surface area contributed by atoms with Gasteiger partial charge in [-0.25, -0.2) is 14.6 Å². The van der Waals surface area contributed by atoms with Gasteiger partial charge in [-0.3, -0.25) is 14.9 Å². The molecule has 1 aromatic heterocycles. The first-order valence-electron chi connectivity index (χ1n) is 8.22. The van der Waals surface area contributed by atoms with E-state index in [4.69, 9.17) is 22.2 Å². The maximum atomic E-state index is 13.3. The molecule has 1 amide bonds. The zero-order valence-corrected chi connectivity index (χ0v) is 15.8. The average Bonchev–Trinajstić information content (AvgIpc) is 3.01. The maximum absolute atomic E-state index is 13.3. The molecule has 0 aliphatic rings. The van der Waals surface area contributed by atoms with Crippen LogP contribution in [-0.4, -0.2) is 15.7 Å². The monoisotopic (exact) mass is 406 g/mol. The number of carbonyl (C=O) groups is 1. The minimum Gasteiger partial charge on any atom is -0.457 e. The van der Waals surface area contributed by atoms with Gasteiger partial charge in [0.2, 0.25) is 0 Å². The topological polar surface area (TPSA) is 82.2 Å². The molecule has 0 aliphatic heterocycles. The van der Waals surface area contributed by atoms with Crippen molar-refractivity contribution >= 4 is 17.5 Å². The highest BCUT2D eigenvalue weighted by molar-refractivity contribution is 6.30. The summed E-state index contributed by atoms with van der Waals surface area (Å²) < 4.78 is 33.6. The van der Waals surface area contributed by atoms with Gasteiger partial charge < -0.3 is 4.74 Å². The first-order valence-corrected chi connectivity index (χ1v) is 8.60. The molecule has 0 aliphatic carbocycles. The highest BCUT2D eigenvalue weighted by atomic mass is 35.5. The van der Waals surface area contributed by atoms with E-state index in [-0.39, 0.29) is 11.3 Å². The first kappa shape index (κ1) is 19.8. The Morgan fingerprint density at radius 3 is 2.50 bits per heavy atom. The number of halogens is 3. The molecule has 146 valence electrons. The number of benzene rings is 2. The number of ether oxygens (including phenoxy) is 1. The van der Waals surface area contributed by atoms with Crippen molar-refractivity contribution in [2.75, 3.05) is 0 Å². The molecule has 0 unspecified atom stereocenters. The van der Waals surface area contributed by atoms with Gasteiger partial charge in [0.25, 0.3) is 12.3 Å². The lowest BCUT2D eigenvalue weighted by Gasteiger charge is -2.11. The standard InChI is InChI=1S/C19H17ClF2N4O2/c1-10-9-12(20)5-8-14(10)28-13-6-3-11(4-7-13)17-15(19(27)24-23)16(18(21)22)25-26(17)2/h3-9,18H,23H2,1-2H3,(H,24,27). The Morgan fingerprint density at radius 2 is 1.93 bits per heavy atom. The molecule has 3 aromatic rings. The van der Waals surface area contributed by atoms with Gasteiger partial charge in [-0.1, -0.05) is 11.6 Å². The van der Waals surface area contributed by atoms with E-state index < -0.39 is 18.0 Å². The van der Waals surface area contributed by atoms with E-state index in [9.17, 15) is 13.6 Å². The molecule has 3 rings (SSSR count). The first-order chi connectivity index (χ1) is 13.3. The van der Waals surface area contributed by atoms with E-state index in [1.807, 2.05) is 12.3 Å². The van der Waals surface area contributed by atoms with Crippen LogP contribution in [0.25, 0.3) is 11.3 Å². The normalized spacial score (nSPS) is 11.0. The van der Waals surface area contributed by atoms with Crippen LogP contribution in [0.1, 0.15) is 28.0 Å². The lowest BCUT2D eigenvalue weighted by atomic mass is 10.0. The van der Waals surface area contributed by atoms with Crippen molar-refractivity contribution in [1.29, 1.82) is 0 Å². The molecule has 0 bridgehead atoms. The number of nitrogen functional groups attached to an aromatic ring is 1. The Balaban J connectivity index is 1.96. The predicted molar refractivity (Wildman–Crippen MR) is 102 cm³/mol. The summed E-state index contributed by atoms with van der Waals surface area (Å²) >= 11 is 5.94. The highest BCUT2D eigenvalue weighted by Gasteiger charge is 2.28. The van der Waals surface area contributed by atoms with Gasteiger partial charge >= 0.3 is 0 Å². The summed E-state index contributed by atoms with van der Waals surface area (Å²) in [5.41, 5.74) is 2.62. The zero-order chi connectivity index (χ0) is 20.4. The summed E-state index contributed by atoms with van der Waals surface area (Å²) in [4.78, 5) is 12.1. The van der Waals surface area contributed by atoms with Crippen LogP contribution in [0, 0.1) is 6.92 Å². The number of amides is 1. The van der Waals surface area contributed by atoms with E-state index in [1.54, 1.807) is 42.5 Å². The van der Waals surface area contributed by atoms with Crippen LogP contribution < -0.4 is 16.0 Å². The molecule has 28 heavy (non-hydrogen) atoms. The van der Waals surface area contributed by atoms with Crippen molar-refractivity contribution in [2.24, 2.45) is 12.9 Å². The van der Waals surface area contributed by atoms with Crippen molar-refractivity contribution in [3.05, 3.63) is 64.3 Å². The summed E-state index contributed by atoms with van der Waals surface area (Å²) in [6.07, 6.45) is -2.91. The molecule has 6 nitrogen and oxygen atoms in total. The molecule has 0 saturated heterocycles. The Labute approximate surface area is 164 Å². The number of aryl methyl sites for hydroxylation is 2. The summed E-state index contributed by atoms with van der Waals surface area (Å²) in [7, 11) is 1.48. The molecule has 1 heterocycles. The molecule has 0 fully saturated rings. The minimum absolute atomic E-state index is 0.229. The van der Waals surface area contributed by atoms with Crippen LogP contribution in [0.5, 0.6) is 11.5 Å². The smallest absolute Gasteiger partial charge is 0.282 e. The van der Waals surface area contributed by atoms with Crippen molar-refractivity contribution in [2.45, 2.75) is 13.3 Å². The molecule has 9 heteroatoms. The van der Waals surface area contributed by atoms with Gasteiger partial charge in [-0.15, -0.1) is 0 Å². The number of carbonyl (C=O) groups excluding carboxylic acids is 1. The molecule has 2 aromatic carbocycles. The molecular formula is C19H17ClF2N4O2. The SMILES string of the molecule is Cc1cc(Cl)ccc1Oc1ccc(-c2c(C(=O)NN)c(C(F)F)nn2C)cc1. The predicted octanol–water partition coefficient (Wildman–Crippen LogP) is 4.38. The van der Waals surface area contributed by atoms with E-state index >= 15 is 0 Å². The fourth-order valence-corrected chi connectivity index (χ4v) is 3.09. The zero-order valence-electron chi connectivity index (χ0n) is 15.0. The van der Waals surface area contributed by atoms with Crippen molar-refractivity contribution in [1.82, 2.24) is 15.2 Å². The number of hydrazine groups is 1. The van der Waals surface area contributed by atoms with Gasteiger partial charge in [0, 0.05) is 17.6 Å². The maximum Gasteiger partial charge on any atom is 0.282 e. The van der Waals surface area contributed by atoms with E-state index in [1.165, 1.54) is 11.7 Å². The van der Waals surface area contributed by atoms with Crippen LogP contribution in [0.4, 0.5) is 8.78 Å². The van der Waals surface area contributed by atoms with Crippen LogP contribution >= 0.6 is 11.6 Å². The fraction of sp³-hybridized carbons (Fsp3) is 0.158. The summed E-state index contributed by atoms with van der Waals surface area (Å²) in [6, 6.07) is 11.9. The number of alkyl halides is 2. The molecule has 0 spiro atoms. The largest absolute Gasteiger partial charge is 0.457 e. The van der Waals surface area contributed by atoms with Crippen molar-refractivity contribution < 1.29 is 18.3 Å². The quantitative estimate of drug-likeness (QED) is 0.374. The number of nitrogens with one attached hydrogen (secondary N) is 1. The molecule has 0 saturated carbocycles. The van der Waals surface area contributed by atoms with Crippen molar-refractivity contribution in [3.8, 4) is 22.8 Å². The third-order valence-electron chi connectivity index (χ3n) is 4.13. The fourth-order valence-electron chi connectivity index (χ4n) is 2.86. The van der Waals surface area contributed by atoms with Crippen LogP contribution in [0.3, 0.4) is 0 Å². The van der Waals surface area contributed by atoms with Gasteiger partial charge in [0.15, 0.2) is 0 Å². The number of nitrogens with two attached hydrogens (primary N) is 1. The third kappa shape index (κ3) is 3.83. The van der Waals surface area contributed by atoms with Gasteiger partial charge in [-0.05, 0) is 55.0 Å². The second-order valence-corrected chi connectivity index (χ2v) is 6.48. The summed E-state index contributed by atoms with van der Waals surface area (Å²) in [6.45, 7) is 1.87. The molecule has 3 N–H and O–H groups in total. The number of hydrogen-bond acceptors (Lipinski definition) is 4. The summed E-state index contributed by atoms with van der Waals surface area (Å²) in [5, 5.41) is 4.38. The Bertz CT molecular complexity index is 1020. The van der Waals surface area contributed by atoms with Crippen molar-refractivity contribution in [3.63, 3.8) is 0 Å². The molecular weight excluding hydrogens is 390 g/mol. The third-order valence-corrected chi connectivity index (χ3v) is 4.37. The Morgan fingerprint density at radius 1 is 1.25 bits per heavy atom. The van der Waals surface area contributed by atoms with Crippen LogP contribution in [0.15, 0.2) is 42.5 Å². The van der Waals surface area contributed by atoms with Gasteiger partial charge in [-0.2, -0.15) is 5.10 Å². The second-order valence-electron chi connectivity index (χ2n) is 6.04. The number of hydrogen-bond donors (Lipinski definition) is 2. The average molecular weight is 407 g/mol. The van der Waals surface area contributed by atoms with E-state index in [0.717, 1.165) is 5.56 Å². The van der Waals surface area contributed by atoms with Crippen LogP contribution in [0.2, 0.25) is 5.02 Å². The molecule has 0 atom stereocenters. The van der Waals surface area contributed by atoms with Crippen LogP contribution in [-0.2, 0) is 7.05 Å². The Kier molecular flexibility index (Phi) is 5.62. The number of rotatable bonds is 5. The van der Waals surface area contributed by atoms with E-state index in [0.29, 0.717) is 22.1 Å². The second kappa shape index (κ2) is 7.95. The lowest BCUT2D eigenvalue weighted by Crippen LogP contribution is -2.31. The minimum atomic E-state index is -2.91. The molecule has 0 radical (unpaired) electrons. The lowest BCUT2D eigenvalue weighted by molar-refractivity contribution is 0.0939. The Hall–Kier alpha value is -2.97.